The van der Waals surface area contributed by atoms with Crippen LogP contribution in [0, 0.1) is 27.3 Å². The monoisotopic (exact) mass is 398 g/mol. The van der Waals surface area contributed by atoms with Gasteiger partial charge in [-0.05, 0) is 42.7 Å². The zero-order chi connectivity index (χ0) is 20.3. The number of hydrogen-bond donors (Lipinski definition) is 1. The highest BCUT2D eigenvalue weighted by atomic mass is 32.2. The Morgan fingerprint density at radius 1 is 1.29 bits per heavy atom. The summed E-state index contributed by atoms with van der Waals surface area (Å²) in [5.41, 5.74) is -1.02. The Bertz CT molecular complexity index is 1160. The first kappa shape index (κ1) is 19.1. The molecule has 0 aliphatic carbocycles. The third kappa shape index (κ3) is 3.84. The van der Waals surface area contributed by atoms with E-state index in [1.54, 1.807) is 12.3 Å². The van der Waals surface area contributed by atoms with Gasteiger partial charge in [-0.25, -0.2) is 9.37 Å². The van der Waals surface area contributed by atoms with Crippen molar-refractivity contribution in [2.45, 2.75) is 5.16 Å². The molecule has 28 heavy (non-hydrogen) atoms. The Morgan fingerprint density at radius 3 is 2.61 bits per heavy atom. The van der Waals surface area contributed by atoms with E-state index in [-0.39, 0.29) is 33.5 Å². The van der Waals surface area contributed by atoms with Gasteiger partial charge in [0.05, 0.1) is 10.6 Å². The Kier molecular flexibility index (Phi) is 5.37. The number of aromatic nitrogens is 2. The van der Waals surface area contributed by atoms with Crippen LogP contribution in [0.2, 0.25) is 0 Å². The van der Waals surface area contributed by atoms with E-state index in [0.29, 0.717) is 0 Å². The highest BCUT2D eigenvalue weighted by Crippen LogP contribution is 2.35. The van der Waals surface area contributed by atoms with Crippen molar-refractivity contribution in [1.29, 1.82) is 5.26 Å². The normalized spacial score (nSPS) is 10.3. The van der Waals surface area contributed by atoms with Crippen LogP contribution < -0.4 is 10.3 Å². The van der Waals surface area contributed by atoms with E-state index in [1.807, 2.05) is 0 Å². The van der Waals surface area contributed by atoms with Gasteiger partial charge < -0.3 is 9.72 Å². The van der Waals surface area contributed by atoms with E-state index < -0.39 is 22.0 Å². The van der Waals surface area contributed by atoms with E-state index in [0.717, 1.165) is 11.8 Å². The molecule has 1 aromatic heterocycles. The predicted octanol–water partition coefficient (Wildman–Crippen LogP) is 3.87. The molecule has 1 heterocycles. The standard InChI is InChI=1S/C18H11FN4O4S/c1-28-18-21-16(13(9-20)17(24)22-18)10-2-7-15(14(8-10)23(25)26)27-12-5-3-11(19)4-6-12/h2-8H,1H3,(H,21,22,24). The summed E-state index contributed by atoms with van der Waals surface area (Å²) in [5, 5.41) is 21.0. The van der Waals surface area contributed by atoms with Crippen LogP contribution in [-0.4, -0.2) is 21.1 Å². The molecule has 3 rings (SSSR count). The molecule has 0 saturated carbocycles. The molecule has 0 unspecified atom stereocenters. The Balaban J connectivity index is 2.11. The van der Waals surface area contributed by atoms with Crippen LogP contribution in [0.4, 0.5) is 10.1 Å². The average Bonchev–Trinajstić information content (AvgIpc) is 2.69. The highest BCUT2D eigenvalue weighted by Gasteiger charge is 2.21. The zero-order valence-corrected chi connectivity index (χ0v) is 15.1. The van der Waals surface area contributed by atoms with Gasteiger partial charge in [-0.1, -0.05) is 11.8 Å². The molecule has 0 aliphatic heterocycles. The lowest BCUT2D eigenvalue weighted by Crippen LogP contribution is -2.14. The SMILES string of the molecule is CSc1nc(-c2ccc(Oc3ccc(F)cc3)c([N+](=O)[O-])c2)c(C#N)c(=O)[nH]1. The third-order valence-electron chi connectivity index (χ3n) is 3.67. The molecule has 8 nitrogen and oxygen atoms in total. The number of nitriles is 1. The number of benzene rings is 2. The van der Waals surface area contributed by atoms with Crippen molar-refractivity contribution >= 4 is 17.4 Å². The van der Waals surface area contributed by atoms with Crippen molar-refractivity contribution in [2.75, 3.05) is 6.26 Å². The number of nitrogens with zero attached hydrogens (tertiary/aromatic N) is 3. The Labute approximate surface area is 161 Å². The van der Waals surface area contributed by atoms with E-state index in [2.05, 4.69) is 9.97 Å². The summed E-state index contributed by atoms with van der Waals surface area (Å²) < 4.78 is 18.5. The number of halogens is 1. The molecule has 0 aliphatic rings. The van der Waals surface area contributed by atoms with E-state index in [9.17, 15) is 24.6 Å². The van der Waals surface area contributed by atoms with Gasteiger partial charge in [0.15, 0.2) is 5.16 Å². The molecule has 0 bridgehead atoms. The minimum Gasteiger partial charge on any atom is -0.450 e. The fourth-order valence-electron chi connectivity index (χ4n) is 2.39. The lowest BCUT2D eigenvalue weighted by molar-refractivity contribution is -0.385. The first-order valence-corrected chi connectivity index (χ1v) is 8.96. The summed E-state index contributed by atoms with van der Waals surface area (Å²) in [5.74, 6) is -0.325. The summed E-state index contributed by atoms with van der Waals surface area (Å²) in [6, 6.07) is 10.7. The quantitative estimate of drug-likeness (QED) is 0.300. The fraction of sp³-hybridized carbons (Fsp3) is 0.0556. The maximum Gasteiger partial charge on any atom is 0.312 e. The molecule has 0 amide bonds. The zero-order valence-electron chi connectivity index (χ0n) is 14.3. The smallest absolute Gasteiger partial charge is 0.312 e. The molecule has 0 radical (unpaired) electrons. The molecule has 0 spiro atoms. The molecule has 3 aromatic rings. The number of nitro benzene ring substituents is 1. The van der Waals surface area contributed by atoms with Crippen LogP contribution in [0.15, 0.2) is 52.4 Å². The number of thioether (sulfide) groups is 1. The lowest BCUT2D eigenvalue weighted by Gasteiger charge is -2.09. The molecule has 1 N–H and O–H groups in total. The summed E-state index contributed by atoms with van der Waals surface area (Å²) in [6.07, 6.45) is 1.69. The van der Waals surface area contributed by atoms with Crippen molar-refractivity contribution in [3.63, 3.8) is 0 Å². The number of rotatable bonds is 5. The van der Waals surface area contributed by atoms with Crippen molar-refractivity contribution in [3.05, 3.63) is 74.3 Å². The van der Waals surface area contributed by atoms with Gasteiger partial charge in [0, 0.05) is 11.6 Å². The second-order valence-electron chi connectivity index (χ2n) is 5.41. The predicted molar refractivity (Wildman–Crippen MR) is 99.9 cm³/mol. The number of nitro groups is 1. The van der Waals surface area contributed by atoms with Crippen LogP contribution in [0.1, 0.15) is 5.56 Å². The number of nitrogens with one attached hydrogen (secondary N) is 1. The molecule has 0 atom stereocenters. The number of hydrogen-bond acceptors (Lipinski definition) is 7. The largest absolute Gasteiger partial charge is 0.450 e. The van der Waals surface area contributed by atoms with Gasteiger partial charge in [-0.2, -0.15) is 5.26 Å². The number of aromatic amines is 1. The van der Waals surface area contributed by atoms with E-state index in [1.165, 1.54) is 42.5 Å². The van der Waals surface area contributed by atoms with Gasteiger partial charge in [0.25, 0.3) is 5.56 Å². The minimum atomic E-state index is -0.656. The summed E-state index contributed by atoms with van der Waals surface area (Å²) >= 11 is 1.16. The molecule has 2 aromatic carbocycles. The summed E-state index contributed by atoms with van der Waals surface area (Å²) in [4.78, 5) is 29.6. The summed E-state index contributed by atoms with van der Waals surface area (Å²) in [7, 11) is 0. The molecule has 0 fully saturated rings. The van der Waals surface area contributed by atoms with Crippen molar-refractivity contribution in [3.8, 4) is 28.8 Å². The first-order valence-electron chi connectivity index (χ1n) is 7.73. The van der Waals surface area contributed by atoms with Crippen molar-refractivity contribution in [2.24, 2.45) is 0 Å². The Morgan fingerprint density at radius 2 is 2.00 bits per heavy atom. The van der Waals surface area contributed by atoms with E-state index >= 15 is 0 Å². The molecular formula is C18H11FN4O4S. The van der Waals surface area contributed by atoms with Gasteiger partial charge in [0.1, 0.15) is 23.2 Å². The van der Waals surface area contributed by atoms with Crippen LogP contribution in [0.5, 0.6) is 11.5 Å². The van der Waals surface area contributed by atoms with Crippen LogP contribution in [0.3, 0.4) is 0 Å². The average molecular weight is 398 g/mol. The number of ether oxygens (including phenoxy) is 1. The van der Waals surface area contributed by atoms with E-state index in [4.69, 9.17) is 4.74 Å². The van der Waals surface area contributed by atoms with Crippen molar-refractivity contribution < 1.29 is 14.1 Å². The summed E-state index contributed by atoms with van der Waals surface area (Å²) in [6.45, 7) is 0. The highest BCUT2D eigenvalue weighted by molar-refractivity contribution is 7.98. The fourth-order valence-corrected chi connectivity index (χ4v) is 2.76. The second kappa shape index (κ2) is 7.89. The van der Waals surface area contributed by atoms with Crippen LogP contribution in [0.25, 0.3) is 11.3 Å². The molecular weight excluding hydrogens is 387 g/mol. The topological polar surface area (TPSA) is 122 Å². The Hall–Kier alpha value is -3.71. The maximum absolute atomic E-state index is 13.0. The minimum absolute atomic E-state index is 0.0343. The van der Waals surface area contributed by atoms with Gasteiger partial charge in [-0.15, -0.1) is 0 Å². The molecule has 10 heteroatoms. The van der Waals surface area contributed by atoms with Crippen molar-refractivity contribution in [1.82, 2.24) is 9.97 Å². The van der Waals surface area contributed by atoms with Crippen LogP contribution >= 0.6 is 11.8 Å². The third-order valence-corrected chi connectivity index (χ3v) is 4.25. The maximum atomic E-state index is 13.0. The first-order chi connectivity index (χ1) is 13.4. The van der Waals surface area contributed by atoms with Gasteiger partial charge in [-0.3, -0.25) is 14.9 Å². The van der Waals surface area contributed by atoms with Gasteiger partial charge in [0.2, 0.25) is 5.75 Å². The molecule has 0 saturated heterocycles. The molecule has 140 valence electrons. The van der Waals surface area contributed by atoms with Crippen LogP contribution in [-0.2, 0) is 0 Å². The number of H-pyrrole nitrogens is 1. The lowest BCUT2D eigenvalue weighted by atomic mass is 10.1. The van der Waals surface area contributed by atoms with Gasteiger partial charge >= 0.3 is 5.69 Å². The second-order valence-corrected chi connectivity index (χ2v) is 6.20.